The maximum Gasteiger partial charge on any atom is 0.164 e. The Bertz CT molecular complexity index is 556. The van der Waals surface area contributed by atoms with Crippen LogP contribution in [0.1, 0.15) is 78.6 Å². The Kier molecular flexibility index (Phi) is 2.87. The number of hydrogen-bond donors (Lipinski definition) is 0. The number of rotatable bonds is 1. The molecule has 1 aliphatic heterocycles. The average molecular weight is 316 g/mol. The molecule has 4 aliphatic carbocycles. The highest BCUT2D eigenvalue weighted by molar-refractivity contribution is 5.90. The molecule has 8 atom stereocenters. The van der Waals surface area contributed by atoms with Crippen LogP contribution in [-0.4, -0.2) is 17.5 Å². The van der Waals surface area contributed by atoms with Gasteiger partial charge in [0.25, 0.3) is 0 Å². The molecule has 2 nitrogen and oxygen atoms in total. The van der Waals surface area contributed by atoms with Crippen molar-refractivity contribution in [2.45, 2.75) is 90.3 Å². The Morgan fingerprint density at radius 2 is 1.83 bits per heavy atom. The van der Waals surface area contributed by atoms with Crippen LogP contribution in [0.5, 0.6) is 0 Å². The molecule has 0 radical (unpaired) electrons. The van der Waals surface area contributed by atoms with E-state index in [1.165, 1.54) is 51.4 Å². The lowest BCUT2D eigenvalue weighted by atomic mass is 9.44. The molecule has 0 aromatic heterocycles. The Labute approximate surface area is 140 Å². The van der Waals surface area contributed by atoms with E-state index < -0.39 is 0 Å². The quantitative estimate of drug-likeness (QED) is 0.653. The Hall–Kier alpha value is -0.370. The van der Waals surface area contributed by atoms with Crippen molar-refractivity contribution in [3.8, 4) is 0 Å². The number of hydrogen-bond acceptors (Lipinski definition) is 2. The van der Waals surface area contributed by atoms with Crippen LogP contribution >= 0.6 is 0 Å². The minimum Gasteiger partial charge on any atom is -0.357 e. The van der Waals surface area contributed by atoms with Gasteiger partial charge in [-0.05, 0) is 81.0 Å². The Morgan fingerprint density at radius 3 is 2.61 bits per heavy atom. The molecule has 0 aromatic rings. The number of Topliss-reactive ketones (excluding diaryl/α,β-unsaturated/α-hetero) is 1. The van der Waals surface area contributed by atoms with Gasteiger partial charge in [0.15, 0.2) is 11.4 Å². The Morgan fingerprint density at radius 1 is 1.00 bits per heavy atom. The summed E-state index contributed by atoms with van der Waals surface area (Å²) in [5.41, 5.74) is 0.342. The van der Waals surface area contributed by atoms with Gasteiger partial charge >= 0.3 is 0 Å². The highest BCUT2D eigenvalue weighted by atomic mass is 16.6. The molecule has 5 fully saturated rings. The number of fused-ring (bicyclic) bond motifs is 7. The molecule has 2 heteroatoms. The van der Waals surface area contributed by atoms with Gasteiger partial charge in [-0.3, -0.25) is 4.79 Å². The highest BCUT2D eigenvalue weighted by Crippen LogP contribution is 2.73. The SMILES string of the molecule is CC(=O)[C@@]12O[C@@H]1C[C@@H]1[C@@H]3CC[C@H]4CCCC[C@]4(C)[C@@H]3CC[C@]12C. The molecule has 0 bridgehead atoms. The third-order valence-corrected chi connectivity index (χ3v) is 9.54. The van der Waals surface area contributed by atoms with Crippen molar-refractivity contribution in [1.82, 2.24) is 0 Å². The number of carbonyl (C=O) groups excluding carboxylic acids is 1. The van der Waals surface area contributed by atoms with Gasteiger partial charge in [-0.25, -0.2) is 0 Å². The average Bonchev–Trinajstić information content (AvgIpc) is 3.20. The molecule has 1 heterocycles. The molecule has 5 rings (SSSR count). The summed E-state index contributed by atoms with van der Waals surface area (Å²) in [5.74, 6) is 3.81. The molecule has 0 unspecified atom stereocenters. The number of ether oxygens (including phenoxy) is 1. The lowest BCUT2D eigenvalue weighted by molar-refractivity contribution is -0.146. The van der Waals surface area contributed by atoms with E-state index in [1.54, 1.807) is 6.92 Å². The second-order valence-electron chi connectivity index (χ2n) is 9.99. The van der Waals surface area contributed by atoms with Gasteiger partial charge in [-0.1, -0.05) is 26.7 Å². The van der Waals surface area contributed by atoms with E-state index >= 15 is 0 Å². The highest BCUT2D eigenvalue weighted by Gasteiger charge is 2.79. The van der Waals surface area contributed by atoms with E-state index in [2.05, 4.69) is 13.8 Å². The summed E-state index contributed by atoms with van der Waals surface area (Å²) < 4.78 is 6.04. The van der Waals surface area contributed by atoms with Gasteiger partial charge in [0.2, 0.25) is 0 Å². The molecular weight excluding hydrogens is 284 g/mol. The molecule has 128 valence electrons. The zero-order valence-electron chi connectivity index (χ0n) is 15.1. The minimum atomic E-state index is -0.382. The standard InChI is InChI=1S/C21H32O2/c1-13(22)21-18(23-21)12-17-15-8-7-14-6-4-5-10-19(14,2)16(15)9-11-20(17,21)3/h14-18H,4-12H2,1-3H3/t14-,15-,16-,17-,18-,19+,20-,21-/m1/s1. The number of carbonyl (C=O) groups is 1. The minimum absolute atomic E-state index is 0.128. The van der Waals surface area contributed by atoms with Gasteiger partial charge < -0.3 is 4.74 Å². The maximum atomic E-state index is 12.4. The molecule has 5 aliphatic rings. The zero-order valence-corrected chi connectivity index (χ0v) is 15.1. The van der Waals surface area contributed by atoms with Crippen molar-refractivity contribution in [2.75, 3.05) is 0 Å². The maximum absolute atomic E-state index is 12.4. The van der Waals surface area contributed by atoms with E-state index in [0.29, 0.717) is 11.2 Å². The largest absolute Gasteiger partial charge is 0.357 e. The first-order chi connectivity index (χ1) is 10.9. The van der Waals surface area contributed by atoms with Gasteiger partial charge in [0, 0.05) is 5.41 Å². The lowest BCUT2D eigenvalue weighted by Gasteiger charge is -2.60. The van der Waals surface area contributed by atoms with Gasteiger partial charge in [-0.15, -0.1) is 0 Å². The molecule has 1 saturated heterocycles. The van der Waals surface area contributed by atoms with Crippen LogP contribution in [0.4, 0.5) is 0 Å². The van der Waals surface area contributed by atoms with Crippen LogP contribution in [-0.2, 0) is 9.53 Å². The summed E-state index contributed by atoms with van der Waals surface area (Å²) in [4.78, 5) is 12.4. The fourth-order valence-electron chi connectivity index (χ4n) is 8.36. The first kappa shape index (κ1) is 14.9. The van der Waals surface area contributed by atoms with E-state index in [1.807, 2.05) is 0 Å². The number of ketones is 1. The second-order valence-corrected chi connectivity index (χ2v) is 9.99. The van der Waals surface area contributed by atoms with E-state index in [4.69, 9.17) is 4.74 Å². The van der Waals surface area contributed by atoms with E-state index in [0.717, 1.165) is 30.1 Å². The van der Waals surface area contributed by atoms with Crippen LogP contribution < -0.4 is 0 Å². The molecule has 0 spiro atoms. The summed E-state index contributed by atoms with van der Waals surface area (Å²) in [6.45, 7) is 6.81. The van der Waals surface area contributed by atoms with E-state index in [-0.39, 0.29) is 17.1 Å². The Balaban J connectivity index is 1.49. The fraction of sp³-hybridized carbons (Fsp3) is 0.952. The third kappa shape index (κ3) is 1.58. The molecule has 23 heavy (non-hydrogen) atoms. The monoisotopic (exact) mass is 316 g/mol. The van der Waals surface area contributed by atoms with Crippen molar-refractivity contribution < 1.29 is 9.53 Å². The fourth-order valence-corrected chi connectivity index (χ4v) is 8.36. The predicted octanol–water partition coefficient (Wildman–Crippen LogP) is 4.76. The summed E-state index contributed by atoms with van der Waals surface area (Å²) >= 11 is 0. The topological polar surface area (TPSA) is 29.6 Å². The van der Waals surface area contributed by atoms with Gasteiger partial charge in [0.05, 0.1) is 6.10 Å². The van der Waals surface area contributed by atoms with Crippen LogP contribution in [0.15, 0.2) is 0 Å². The summed E-state index contributed by atoms with van der Waals surface area (Å²) in [6.07, 6.45) is 12.7. The zero-order chi connectivity index (χ0) is 16.0. The first-order valence-corrected chi connectivity index (χ1v) is 10.1. The summed E-state index contributed by atoms with van der Waals surface area (Å²) in [5, 5.41) is 0. The van der Waals surface area contributed by atoms with Crippen LogP contribution in [0.2, 0.25) is 0 Å². The van der Waals surface area contributed by atoms with E-state index in [9.17, 15) is 4.79 Å². The third-order valence-electron chi connectivity index (χ3n) is 9.54. The van der Waals surface area contributed by atoms with Crippen molar-refractivity contribution >= 4 is 5.78 Å². The molecule has 0 amide bonds. The van der Waals surface area contributed by atoms with Gasteiger partial charge in [0.1, 0.15) is 0 Å². The normalized spacial score (nSPS) is 60.2. The summed E-state index contributed by atoms with van der Waals surface area (Å²) in [6, 6.07) is 0. The summed E-state index contributed by atoms with van der Waals surface area (Å²) in [7, 11) is 0. The smallest absolute Gasteiger partial charge is 0.164 e. The lowest BCUT2D eigenvalue weighted by Crippen LogP contribution is -2.55. The van der Waals surface area contributed by atoms with Crippen molar-refractivity contribution in [3.05, 3.63) is 0 Å². The van der Waals surface area contributed by atoms with Crippen LogP contribution in [0.3, 0.4) is 0 Å². The predicted molar refractivity (Wildman–Crippen MR) is 90.0 cm³/mol. The second kappa shape index (κ2) is 4.42. The molecule has 4 saturated carbocycles. The molecule has 0 aromatic carbocycles. The van der Waals surface area contributed by atoms with Crippen molar-refractivity contribution in [3.63, 3.8) is 0 Å². The van der Waals surface area contributed by atoms with Crippen LogP contribution in [0, 0.1) is 34.5 Å². The van der Waals surface area contributed by atoms with Crippen molar-refractivity contribution in [1.29, 1.82) is 0 Å². The van der Waals surface area contributed by atoms with Gasteiger partial charge in [-0.2, -0.15) is 0 Å². The molecule has 0 N–H and O–H groups in total. The first-order valence-electron chi connectivity index (χ1n) is 10.1. The number of epoxide rings is 1. The molecular formula is C21H32O2. The van der Waals surface area contributed by atoms with Crippen LogP contribution in [0.25, 0.3) is 0 Å². The van der Waals surface area contributed by atoms with Crippen molar-refractivity contribution in [2.24, 2.45) is 34.5 Å².